The van der Waals surface area contributed by atoms with E-state index in [1.54, 1.807) is 6.08 Å². The van der Waals surface area contributed by atoms with Gasteiger partial charge in [-0.25, -0.2) is 0 Å². The van der Waals surface area contributed by atoms with Crippen LogP contribution in [-0.4, -0.2) is 15.3 Å². The Morgan fingerprint density at radius 2 is 2.17 bits per heavy atom. The molecule has 0 fully saturated rings. The Kier molecular flexibility index (Phi) is 3.48. The molecule has 0 spiro atoms. The van der Waals surface area contributed by atoms with E-state index in [0.717, 1.165) is 11.1 Å². The molecule has 0 saturated carbocycles. The van der Waals surface area contributed by atoms with Crippen LogP contribution in [0.3, 0.4) is 0 Å². The van der Waals surface area contributed by atoms with Gasteiger partial charge in [0.1, 0.15) is 5.75 Å². The number of hydrogen-bond donors (Lipinski definition) is 1. The maximum atomic E-state index is 9.67. The van der Waals surface area contributed by atoms with E-state index in [1.807, 2.05) is 25.1 Å². The van der Waals surface area contributed by atoms with Crippen molar-refractivity contribution in [1.82, 2.24) is 10.2 Å². The second kappa shape index (κ2) is 5.06. The van der Waals surface area contributed by atoms with Gasteiger partial charge in [0.25, 0.3) is 5.88 Å². The van der Waals surface area contributed by atoms with Gasteiger partial charge < -0.3 is 9.84 Å². The number of benzene rings is 1. The van der Waals surface area contributed by atoms with Crippen molar-refractivity contribution in [2.24, 2.45) is 0 Å². The van der Waals surface area contributed by atoms with Crippen LogP contribution in [0.1, 0.15) is 11.1 Å². The van der Waals surface area contributed by atoms with Gasteiger partial charge in [0.15, 0.2) is 10.9 Å². The average molecular weight is 263 g/mol. The van der Waals surface area contributed by atoms with Crippen molar-refractivity contribution in [3.8, 4) is 17.4 Å². The van der Waals surface area contributed by atoms with Crippen LogP contribution in [0.25, 0.3) is 6.08 Å². The molecule has 2 aromatic rings. The third kappa shape index (κ3) is 2.43. The quantitative estimate of drug-likeness (QED) is 0.919. The molecule has 0 radical (unpaired) electrons. The zero-order chi connectivity index (χ0) is 13.1. The highest BCUT2D eigenvalue weighted by atomic mass is 35.5. The SMILES string of the molecule is C=Cc1cccc(C)c1Oc1nnc(Cl)cc1O. The summed E-state index contributed by atoms with van der Waals surface area (Å²) in [7, 11) is 0. The first-order valence-corrected chi connectivity index (χ1v) is 5.61. The fourth-order valence-electron chi connectivity index (χ4n) is 1.49. The van der Waals surface area contributed by atoms with Crippen LogP contribution in [0.15, 0.2) is 30.8 Å². The van der Waals surface area contributed by atoms with E-state index in [4.69, 9.17) is 16.3 Å². The fraction of sp³-hybridized carbons (Fsp3) is 0.0769. The number of ether oxygens (including phenoxy) is 1. The van der Waals surface area contributed by atoms with Gasteiger partial charge in [-0.15, -0.1) is 10.2 Å². The molecule has 4 nitrogen and oxygen atoms in total. The summed E-state index contributed by atoms with van der Waals surface area (Å²) < 4.78 is 5.56. The minimum Gasteiger partial charge on any atom is -0.503 e. The molecule has 18 heavy (non-hydrogen) atoms. The van der Waals surface area contributed by atoms with E-state index >= 15 is 0 Å². The molecule has 0 aliphatic rings. The van der Waals surface area contributed by atoms with Crippen LogP contribution in [-0.2, 0) is 0 Å². The summed E-state index contributed by atoms with van der Waals surface area (Å²) in [5.74, 6) is 0.435. The van der Waals surface area contributed by atoms with Gasteiger partial charge in [-0.1, -0.05) is 42.5 Å². The van der Waals surface area contributed by atoms with Crippen LogP contribution < -0.4 is 4.74 Å². The van der Waals surface area contributed by atoms with Crippen LogP contribution in [0.4, 0.5) is 0 Å². The number of rotatable bonds is 3. The lowest BCUT2D eigenvalue weighted by Crippen LogP contribution is -1.95. The van der Waals surface area contributed by atoms with Crippen molar-refractivity contribution in [1.29, 1.82) is 0 Å². The highest BCUT2D eigenvalue weighted by molar-refractivity contribution is 6.29. The average Bonchev–Trinajstić information content (AvgIpc) is 2.34. The molecular formula is C13H11ClN2O2. The molecule has 0 amide bonds. The summed E-state index contributed by atoms with van der Waals surface area (Å²) in [4.78, 5) is 0. The van der Waals surface area contributed by atoms with Gasteiger partial charge in [0.05, 0.1) is 0 Å². The first-order chi connectivity index (χ1) is 8.61. The van der Waals surface area contributed by atoms with E-state index < -0.39 is 0 Å². The normalized spacial score (nSPS) is 10.1. The minimum atomic E-state index is -0.159. The molecule has 0 bridgehead atoms. The van der Waals surface area contributed by atoms with E-state index in [1.165, 1.54) is 6.07 Å². The molecule has 2 rings (SSSR count). The Morgan fingerprint density at radius 3 is 2.83 bits per heavy atom. The second-order valence-electron chi connectivity index (χ2n) is 3.66. The number of aromatic nitrogens is 2. The summed E-state index contributed by atoms with van der Waals surface area (Å²) in [6.07, 6.45) is 1.67. The van der Waals surface area contributed by atoms with E-state index in [0.29, 0.717) is 5.75 Å². The molecular weight excluding hydrogens is 252 g/mol. The number of hydrogen-bond acceptors (Lipinski definition) is 4. The molecule has 1 aromatic heterocycles. The molecule has 1 aromatic carbocycles. The van der Waals surface area contributed by atoms with Crippen molar-refractivity contribution < 1.29 is 9.84 Å². The molecule has 92 valence electrons. The molecule has 0 aliphatic heterocycles. The molecule has 0 saturated heterocycles. The van der Waals surface area contributed by atoms with Gasteiger partial charge in [-0.2, -0.15) is 0 Å². The molecule has 0 atom stereocenters. The smallest absolute Gasteiger partial charge is 0.281 e. The monoisotopic (exact) mass is 262 g/mol. The van der Waals surface area contributed by atoms with Gasteiger partial charge in [-0.05, 0) is 12.5 Å². The Hall–Kier alpha value is -2.07. The van der Waals surface area contributed by atoms with Crippen molar-refractivity contribution in [2.75, 3.05) is 0 Å². The second-order valence-corrected chi connectivity index (χ2v) is 4.04. The van der Waals surface area contributed by atoms with E-state index in [9.17, 15) is 5.11 Å². The van der Waals surface area contributed by atoms with Gasteiger partial charge in [0.2, 0.25) is 0 Å². The van der Waals surface area contributed by atoms with Crippen LogP contribution in [0.5, 0.6) is 17.4 Å². The lowest BCUT2D eigenvalue weighted by molar-refractivity contribution is 0.390. The van der Waals surface area contributed by atoms with Gasteiger partial charge in [-0.3, -0.25) is 0 Å². The largest absolute Gasteiger partial charge is 0.503 e. The van der Waals surface area contributed by atoms with Crippen LogP contribution in [0.2, 0.25) is 5.15 Å². The van der Waals surface area contributed by atoms with Crippen LogP contribution >= 0.6 is 11.6 Å². The molecule has 1 heterocycles. The van der Waals surface area contributed by atoms with Crippen molar-refractivity contribution in [3.05, 3.63) is 47.1 Å². The maximum absolute atomic E-state index is 9.67. The fourth-order valence-corrected chi connectivity index (χ4v) is 1.63. The number of halogens is 1. The summed E-state index contributed by atoms with van der Waals surface area (Å²) in [6, 6.07) is 6.92. The zero-order valence-corrected chi connectivity index (χ0v) is 10.5. The lowest BCUT2D eigenvalue weighted by atomic mass is 10.1. The van der Waals surface area contributed by atoms with E-state index in [2.05, 4.69) is 16.8 Å². The summed E-state index contributed by atoms with van der Waals surface area (Å²) >= 11 is 5.60. The summed E-state index contributed by atoms with van der Waals surface area (Å²) in [5, 5.41) is 17.1. The van der Waals surface area contributed by atoms with Crippen molar-refractivity contribution >= 4 is 17.7 Å². The maximum Gasteiger partial charge on any atom is 0.281 e. The lowest BCUT2D eigenvalue weighted by Gasteiger charge is -2.11. The van der Waals surface area contributed by atoms with E-state index in [-0.39, 0.29) is 16.8 Å². The third-order valence-electron chi connectivity index (χ3n) is 2.37. The molecule has 5 heteroatoms. The van der Waals surface area contributed by atoms with Crippen LogP contribution in [0, 0.1) is 6.92 Å². The predicted molar refractivity (Wildman–Crippen MR) is 70.1 cm³/mol. The Bertz CT molecular complexity index is 600. The standard InChI is InChI=1S/C13H11ClN2O2/c1-3-9-6-4-5-8(2)12(9)18-13-10(17)7-11(14)15-16-13/h3-7H,1H2,2H3,(H,15,17). The summed E-state index contributed by atoms with van der Waals surface area (Å²) in [6.45, 7) is 5.60. The number of para-hydroxylation sites is 1. The molecule has 0 aliphatic carbocycles. The highest BCUT2D eigenvalue weighted by Gasteiger charge is 2.11. The zero-order valence-electron chi connectivity index (χ0n) is 9.72. The van der Waals surface area contributed by atoms with Crippen molar-refractivity contribution in [2.45, 2.75) is 6.92 Å². The van der Waals surface area contributed by atoms with Gasteiger partial charge >= 0.3 is 0 Å². The number of aromatic hydroxyl groups is 1. The third-order valence-corrected chi connectivity index (χ3v) is 2.56. The first-order valence-electron chi connectivity index (χ1n) is 5.24. The van der Waals surface area contributed by atoms with Crippen molar-refractivity contribution in [3.63, 3.8) is 0 Å². The minimum absolute atomic E-state index is 0.0109. The Labute approximate surface area is 110 Å². The van der Waals surface area contributed by atoms with Gasteiger partial charge in [0, 0.05) is 11.6 Å². The Morgan fingerprint density at radius 1 is 1.39 bits per heavy atom. The Balaban J connectivity index is 2.42. The first kappa shape index (κ1) is 12.4. The number of nitrogens with zero attached hydrogens (tertiary/aromatic N) is 2. The summed E-state index contributed by atoms with van der Waals surface area (Å²) in [5.41, 5.74) is 1.72. The molecule has 1 N–H and O–H groups in total. The predicted octanol–water partition coefficient (Wildman–Crippen LogP) is 3.58. The number of aryl methyl sites for hydroxylation is 1. The topological polar surface area (TPSA) is 55.2 Å². The molecule has 0 unspecified atom stereocenters. The highest BCUT2D eigenvalue weighted by Crippen LogP contribution is 2.33.